The minimum absolute atomic E-state index is 0.145. The Kier molecular flexibility index (Phi) is 2.54. The molecule has 1 aliphatic rings. The van der Waals surface area contributed by atoms with Crippen molar-refractivity contribution in [2.45, 2.75) is 26.7 Å². The minimum atomic E-state index is 0.145. The van der Waals surface area contributed by atoms with E-state index in [1.807, 2.05) is 41.9 Å². The van der Waals surface area contributed by atoms with Crippen molar-refractivity contribution in [3.8, 4) is 5.69 Å². The molecule has 0 saturated heterocycles. The molecule has 2 aromatic rings. The van der Waals surface area contributed by atoms with Gasteiger partial charge in [-0.2, -0.15) is 5.10 Å². The van der Waals surface area contributed by atoms with Crippen molar-refractivity contribution < 1.29 is 4.79 Å². The summed E-state index contributed by atoms with van der Waals surface area (Å²) in [7, 11) is 0. The van der Waals surface area contributed by atoms with E-state index in [9.17, 15) is 4.79 Å². The van der Waals surface area contributed by atoms with Crippen LogP contribution in [0.15, 0.2) is 30.3 Å². The highest BCUT2D eigenvalue weighted by Gasteiger charge is 2.30. The summed E-state index contributed by atoms with van der Waals surface area (Å²) in [5.41, 5.74) is 4.60. The van der Waals surface area contributed by atoms with Gasteiger partial charge in [0, 0.05) is 18.0 Å². The lowest BCUT2D eigenvalue weighted by Gasteiger charge is -2.07. The van der Waals surface area contributed by atoms with E-state index in [1.165, 1.54) is 11.3 Å². The fourth-order valence-electron chi connectivity index (χ4n) is 2.70. The first-order valence-electron chi connectivity index (χ1n) is 6.30. The van der Waals surface area contributed by atoms with Crippen molar-refractivity contribution >= 4 is 5.78 Å². The zero-order valence-electron chi connectivity index (χ0n) is 10.7. The Bertz CT molecular complexity index is 598. The van der Waals surface area contributed by atoms with Gasteiger partial charge in [-0.3, -0.25) is 4.79 Å². The maximum Gasteiger partial charge on any atom is 0.133 e. The zero-order valence-corrected chi connectivity index (χ0v) is 10.7. The molecule has 3 heteroatoms. The lowest BCUT2D eigenvalue weighted by Crippen LogP contribution is -2.12. The monoisotopic (exact) mass is 240 g/mol. The second-order valence-electron chi connectivity index (χ2n) is 4.97. The Morgan fingerprint density at radius 1 is 1.28 bits per heavy atom. The van der Waals surface area contributed by atoms with Crippen LogP contribution in [0.2, 0.25) is 0 Å². The van der Waals surface area contributed by atoms with Crippen molar-refractivity contribution in [3.63, 3.8) is 0 Å². The van der Waals surface area contributed by atoms with Crippen LogP contribution in [0, 0.1) is 12.8 Å². The Labute approximate surface area is 106 Å². The Hall–Kier alpha value is -1.90. The molecule has 0 N–H and O–H groups in total. The number of rotatable bonds is 2. The van der Waals surface area contributed by atoms with Gasteiger partial charge in [0.2, 0.25) is 0 Å². The average molecular weight is 240 g/mol. The van der Waals surface area contributed by atoms with Crippen molar-refractivity contribution in [3.05, 3.63) is 47.3 Å². The molecule has 1 aromatic heterocycles. The number of aryl methyl sites for hydroxylation is 1. The van der Waals surface area contributed by atoms with Gasteiger partial charge < -0.3 is 0 Å². The molecule has 0 fully saturated rings. The Morgan fingerprint density at radius 3 is 2.67 bits per heavy atom. The number of ketones is 1. The molecule has 92 valence electrons. The number of hydrogen-bond acceptors (Lipinski definition) is 2. The van der Waals surface area contributed by atoms with Crippen LogP contribution in [0.5, 0.6) is 0 Å². The minimum Gasteiger partial charge on any atom is -0.300 e. The van der Waals surface area contributed by atoms with Crippen molar-refractivity contribution in [1.82, 2.24) is 9.78 Å². The van der Waals surface area contributed by atoms with Gasteiger partial charge in [0.25, 0.3) is 0 Å². The first-order valence-corrected chi connectivity index (χ1v) is 6.30. The molecule has 1 aromatic carbocycles. The van der Waals surface area contributed by atoms with Gasteiger partial charge in [0.05, 0.1) is 11.4 Å². The number of carbonyl (C=O) groups excluding carboxylic acids is 1. The van der Waals surface area contributed by atoms with E-state index in [1.54, 1.807) is 6.92 Å². The van der Waals surface area contributed by atoms with E-state index >= 15 is 0 Å². The third-order valence-electron chi connectivity index (χ3n) is 3.76. The summed E-state index contributed by atoms with van der Waals surface area (Å²) >= 11 is 0. The molecule has 3 nitrogen and oxygen atoms in total. The summed E-state index contributed by atoms with van der Waals surface area (Å²) in [6, 6.07) is 10.1. The third-order valence-corrected chi connectivity index (χ3v) is 3.76. The van der Waals surface area contributed by atoms with E-state index in [2.05, 4.69) is 5.10 Å². The standard InChI is InChI=1S/C15H16N2O/c1-10-14-8-12(11(2)18)9-15(14)17(16-10)13-6-4-3-5-7-13/h3-7,12H,8-9H2,1-2H3. The smallest absolute Gasteiger partial charge is 0.133 e. The number of hydrogen-bond donors (Lipinski definition) is 0. The maximum atomic E-state index is 11.5. The highest BCUT2D eigenvalue weighted by Crippen LogP contribution is 2.31. The summed E-state index contributed by atoms with van der Waals surface area (Å²) in [4.78, 5) is 11.5. The normalized spacial score (nSPS) is 17.8. The van der Waals surface area contributed by atoms with Crippen LogP contribution in [0.25, 0.3) is 5.69 Å². The lowest BCUT2D eigenvalue weighted by molar-refractivity contribution is -0.120. The molecule has 3 rings (SSSR count). The molecular weight excluding hydrogens is 224 g/mol. The predicted molar refractivity (Wildman–Crippen MR) is 69.9 cm³/mol. The number of para-hydroxylation sites is 1. The van der Waals surface area contributed by atoms with E-state index in [-0.39, 0.29) is 11.7 Å². The second kappa shape index (κ2) is 4.09. The molecule has 18 heavy (non-hydrogen) atoms. The van der Waals surface area contributed by atoms with E-state index in [0.29, 0.717) is 0 Å². The Balaban J connectivity index is 2.06. The zero-order chi connectivity index (χ0) is 12.7. The molecule has 0 saturated carbocycles. The summed E-state index contributed by atoms with van der Waals surface area (Å²) < 4.78 is 1.99. The van der Waals surface area contributed by atoms with Crippen molar-refractivity contribution in [1.29, 1.82) is 0 Å². The fourth-order valence-corrected chi connectivity index (χ4v) is 2.70. The van der Waals surface area contributed by atoms with Crippen LogP contribution in [0.3, 0.4) is 0 Å². The fraction of sp³-hybridized carbons (Fsp3) is 0.333. The molecular formula is C15H16N2O. The number of Topliss-reactive ketones (excluding diaryl/α,β-unsaturated/α-hetero) is 1. The highest BCUT2D eigenvalue weighted by atomic mass is 16.1. The van der Waals surface area contributed by atoms with Gasteiger partial charge in [-0.25, -0.2) is 4.68 Å². The van der Waals surface area contributed by atoms with Gasteiger partial charge >= 0.3 is 0 Å². The highest BCUT2D eigenvalue weighted by molar-refractivity contribution is 5.80. The molecule has 1 atom stereocenters. The van der Waals surface area contributed by atoms with Crippen molar-refractivity contribution in [2.75, 3.05) is 0 Å². The summed E-state index contributed by atoms with van der Waals surface area (Å²) in [5, 5.41) is 4.60. The molecule has 0 radical (unpaired) electrons. The molecule has 0 spiro atoms. The molecule has 1 unspecified atom stereocenters. The SMILES string of the molecule is CC(=O)C1Cc2c(C)nn(-c3ccccc3)c2C1. The summed E-state index contributed by atoms with van der Waals surface area (Å²) in [6.45, 7) is 3.72. The molecule has 0 amide bonds. The lowest BCUT2D eigenvalue weighted by atomic mass is 10.0. The number of carbonyl (C=O) groups is 1. The first kappa shape index (κ1) is 11.2. The van der Waals surface area contributed by atoms with Crippen LogP contribution >= 0.6 is 0 Å². The van der Waals surface area contributed by atoms with Crippen LogP contribution in [-0.2, 0) is 17.6 Å². The molecule has 1 heterocycles. The molecule has 0 aliphatic heterocycles. The number of nitrogens with zero attached hydrogens (tertiary/aromatic N) is 2. The van der Waals surface area contributed by atoms with Gasteiger partial charge in [-0.05, 0) is 38.0 Å². The van der Waals surface area contributed by atoms with Gasteiger partial charge in [-0.15, -0.1) is 0 Å². The molecule has 1 aliphatic carbocycles. The summed E-state index contributed by atoms with van der Waals surface area (Å²) in [5.74, 6) is 0.428. The second-order valence-corrected chi connectivity index (χ2v) is 4.97. The van der Waals surface area contributed by atoms with Gasteiger partial charge in [0.15, 0.2) is 0 Å². The van der Waals surface area contributed by atoms with E-state index < -0.39 is 0 Å². The van der Waals surface area contributed by atoms with Crippen LogP contribution in [0.1, 0.15) is 23.9 Å². The largest absolute Gasteiger partial charge is 0.300 e. The maximum absolute atomic E-state index is 11.5. The average Bonchev–Trinajstić information content (AvgIpc) is 2.92. The first-order chi connectivity index (χ1) is 8.66. The van der Waals surface area contributed by atoms with Crippen LogP contribution < -0.4 is 0 Å². The van der Waals surface area contributed by atoms with Crippen molar-refractivity contribution in [2.24, 2.45) is 5.92 Å². The number of benzene rings is 1. The summed E-state index contributed by atoms with van der Waals surface area (Å²) in [6.07, 6.45) is 1.67. The number of aromatic nitrogens is 2. The van der Waals surface area contributed by atoms with Crippen LogP contribution in [0.4, 0.5) is 0 Å². The molecule has 0 bridgehead atoms. The van der Waals surface area contributed by atoms with Crippen LogP contribution in [-0.4, -0.2) is 15.6 Å². The Morgan fingerprint density at radius 2 is 2.00 bits per heavy atom. The number of fused-ring (bicyclic) bond motifs is 1. The van der Waals surface area contributed by atoms with Gasteiger partial charge in [0.1, 0.15) is 5.78 Å². The third kappa shape index (κ3) is 1.67. The van der Waals surface area contributed by atoms with Gasteiger partial charge in [-0.1, -0.05) is 18.2 Å². The topological polar surface area (TPSA) is 34.9 Å². The predicted octanol–water partition coefficient (Wildman–Crippen LogP) is 2.48. The quantitative estimate of drug-likeness (QED) is 0.808. The van der Waals surface area contributed by atoms with E-state index in [0.717, 1.165) is 24.2 Å². The van der Waals surface area contributed by atoms with E-state index in [4.69, 9.17) is 0 Å².